The summed E-state index contributed by atoms with van der Waals surface area (Å²) in [5.41, 5.74) is 2.91. The van der Waals surface area contributed by atoms with E-state index < -0.39 is 6.04 Å². The largest absolute Gasteiger partial charge is 0.462 e. The third kappa shape index (κ3) is 4.13. The molecule has 1 saturated heterocycles. The van der Waals surface area contributed by atoms with E-state index >= 15 is 0 Å². The lowest BCUT2D eigenvalue weighted by atomic mass is 9.99. The van der Waals surface area contributed by atoms with Crippen molar-refractivity contribution in [1.29, 1.82) is 0 Å². The Kier molecular flexibility index (Phi) is 7.05. The molecule has 1 fully saturated rings. The Bertz CT molecular complexity index is 792. The number of nitrogens with zero attached hydrogens (tertiary/aromatic N) is 2. The molecule has 1 aromatic rings. The number of hydrogen-bond acceptors (Lipinski definition) is 4. The summed E-state index contributed by atoms with van der Waals surface area (Å²) in [6.45, 7) is 13.3. The fraction of sp³-hybridized carbons (Fsp3) is 0.571. The number of piperazine rings is 1. The van der Waals surface area contributed by atoms with Crippen LogP contribution < -0.4 is 5.32 Å². The first-order valence-corrected chi connectivity index (χ1v) is 9.87. The molecule has 154 valence electrons. The van der Waals surface area contributed by atoms with Gasteiger partial charge in [-0.05, 0) is 39.7 Å². The lowest BCUT2D eigenvalue weighted by molar-refractivity contribution is -0.141. The zero-order valence-electron chi connectivity index (χ0n) is 17.7. The number of hydrogen-bond donors (Lipinski definition) is 1. The number of esters is 1. The highest BCUT2D eigenvalue weighted by Crippen LogP contribution is 2.25. The quantitative estimate of drug-likeness (QED) is 0.598. The van der Waals surface area contributed by atoms with Crippen molar-refractivity contribution in [3.8, 4) is 0 Å². The number of nitrogens with one attached hydrogen (secondary N) is 1. The van der Waals surface area contributed by atoms with Gasteiger partial charge in [0, 0.05) is 42.7 Å². The third-order valence-corrected chi connectivity index (χ3v) is 5.19. The number of amides is 2. The Morgan fingerprint density at radius 3 is 2.50 bits per heavy atom. The van der Waals surface area contributed by atoms with Crippen molar-refractivity contribution in [3.63, 3.8) is 0 Å². The highest BCUT2D eigenvalue weighted by atomic mass is 16.5. The minimum absolute atomic E-state index is 0.0119. The van der Waals surface area contributed by atoms with Gasteiger partial charge in [-0.15, -0.1) is 0 Å². The molecule has 7 nitrogen and oxygen atoms in total. The summed E-state index contributed by atoms with van der Waals surface area (Å²) in [4.78, 5) is 39.1. The molecule has 0 spiro atoms. The van der Waals surface area contributed by atoms with Crippen LogP contribution in [-0.4, -0.2) is 53.0 Å². The Morgan fingerprint density at radius 2 is 1.93 bits per heavy atom. The molecule has 1 atom stereocenters. The molecule has 0 bridgehead atoms. The number of aromatic nitrogens is 1. The van der Waals surface area contributed by atoms with Crippen molar-refractivity contribution >= 4 is 23.9 Å². The maximum Gasteiger partial charge on any atom is 0.340 e. The van der Waals surface area contributed by atoms with Crippen LogP contribution in [0.25, 0.3) is 6.08 Å². The topological polar surface area (TPSA) is 80.6 Å². The maximum absolute atomic E-state index is 12.8. The summed E-state index contributed by atoms with van der Waals surface area (Å²) in [5, 5.41) is 2.82. The van der Waals surface area contributed by atoms with Gasteiger partial charge in [0.2, 0.25) is 11.8 Å². The zero-order valence-corrected chi connectivity index (χ0v) is 17.7. The van der Waals surface area contributed by atoms with Gasteiger partial charge in [0.25, 0.3) is 0 Å². The molecule has 0 saturated carbocycles. The maximum atomic E-state index is 12.8. The van der Waals surface area contributed by atoms with Crippen molar-refractivity contribution in [3.05, 3.63) is 28.6 Å². The number of ether oxygens (including phenoxy) is 1. The molecule has 0 aromatic carbocycles. The average Bonchev–Trinajstić information content (AvgIpc) is 2.88. The molecule has 1 aliphatic rings. The van der Waals surface area contributed by atoms with Gasteiger partial charge in [-0.25, -0.2) is 4.79 Å². The predicted molar refractivity (Wildman–Crippen MR) is 108 cm³/mol. The molecule has 28 heavy (non-hydrogen) atoms. The molecule has 0 radical (unpaired) electrons. The summed E-state index contributed by atoms with van der Waals surface area (Å²) in [5.74, 6) is -0.735. The van der Waals surface area contributed by atoms with E-state index in [9.17, 15) is 14.4 Å². The van der Waals surface area contributed by atoms with E-state index in [-0.39, 0.29) is 30.3 Å². The second-order valence-corrected chi connectivity index (χ2v) is 7.27. The van der Waals surface area contributed by atoms with E-state index in [0.717, 1.165) is 11.4 Å². The Hall–Kier alpha value is -2.57. The summed E-state index contributed by atoms with van der Waals surface area (Å²) >= 11 is 0. The van der Waals surface area contributed by atoms with Crippen molar-refractivity contribution in [2.24, 2.45) is 5.92 Å². The molecular weight excluding hydrogens is 358 g/mol. The highest BCUT2D eigenvalue weighted by molar-refractivity contribution is 6.00. The van der Waals surface area contributed by atoms with Crippen LogP contribution in [0.1, 0.15) is 55.0 Å². The van der Waals surface area contributed by atoms with Crippen molar-refractivity contribution in [2.45, 2.75) is 54.1 Å². The predicted octanol–water partition coefficient (Wildman–Crippen LogP) is 2.30. The van der Waals surface area contributed by atoms with Crippen LogP contribution >= 0.6 is 0 Å². The molecule has 1 aliphatic heterocycles. The molecule has 7 heteroatoms. The summed E-state index contributed by atoms with van der Waals surface area (Å²) in [7, 11) is 0. The van der Waals surface area contributed by atoms with Crippen LogP contribution in [-0.2, 0) is 20.9 Å². The minimum Gasteiger partial charge on any atom is -0.462 e. The summed E-state index contributed by atoms with van der Waals surface area (Å²) in [6, 6.07) is -0.487. The lowest BCUT2D eigenvalue weighted by Gasteiger charge is -2.36. The van der Waals surface area contributed by atoms with Crippen LogP contribution in [0.2, 0.25) is 0 Å². The van der Waals surface area contributed by atoms with Gasteiger partial charge in [0.1, 0.15) is 6.04 Å². The normalized spacial score (nSPS) is 17.3. The van der Waals surface area contributed by atoms with E-state index in [2.05, 4.69) is 5.32 Å². The second kappa shape index (κ2) is 9.08. The van der Waals surface area contributed by atoms with E-state index in [1.807, 2.05) is 39.2 Å². The van der Waals surface area contributed by atoms with Crippen LogP contribution in [0.15, 0.2) is 6.08 Å². The molecule has 1 unspecified atom stereocenters. The van der Waals surface area contributed by atoms with E-state index in [1.165, 1.54) is 6.08 Å². The minimum atomic E-state index is -0.487. The van der Waals surface area contributed by atoms with Gasteiger partial charge in [-0.3, -0.25) is 9.59 Å². The standard InChI is InChI=1S/C21H31N3O4/c1-7-23-14(5)16(18(15(23)6)21(27)28-8-2)9-10-17(25)24-12-11-22-20(26)19(24)13(3)4/h9-10,13,19H,7-8,11-12H2,1-6H3,(H,22,26)/b10-9+. The van der Waals surface area contributed by atoms with Gasteiger partial charge < -0.3 is 19.5 Å². The van der Waals surface area contributed by atoms with Crippen molar-refractivity contribution < 1.29 is 19.1 Å². The third-order valence-electron chi connectivity index (χ3n) is 5.19. The molecule has 1 N–H and O–H groups in total. The average molecular weight is 389 g/mol. The fourth-order valence-corrected chi connectivity index (χ4v) is 3.89. The smallest absolute Gasteiger partial charge is 0.340 e. The molecule has 0 aliphatic carbocycles. The summed E-state index contributed by atoms with van der Waals surface area (Å²) < 4.78 is 7.24. The molecule has 2 amide bonds. The van der Waals surface area contributed by atoms with Crippen molar-refractivity contribution in [2.75, 3.05) is 19.7 Å². The zero-order chi connectivity index (χ0) is 21.0. The Morgan fingerprint density at radius 1 is 1.25 bits per heavy atom. The van der Waals surface area contributed by atoms with Gasteiger partial charge in [-0.2, -0.15) is 0 Å². The van der Waals surface area contributed by atoms with Crippen molar-refractivity contribution in [1.82, 2.24) is 14.8 Å². The first kappa shape index (κ1) is 21.7. The van der Waals surface area contributed by atoms with Gasteiger partial charge >= 0.3 is 5.97 Å². The van der Waals surface area contributed by atoms with E-state index in [0.29, 0.717) is 30.8 Å². The SMILES string of the molecule is CCOC(=O)c1c(/C=C/C(=O)N2CCNC(=O)C2C(C)C)c(C)n(CC)c1C. The highest BCUT2D eigenvalue weighted by Gasteiger charge is 2.34. The van der Waals surface area contributed by atoms with Gasteiger partial charge in [-0.1, -0.05) is 13.8 Å². The van der Waals surface area contributed by atoms with Crippen LogP contribution in [0.4, 0.5) is 0 Å². The number of carbonyl (C=O) groups excluding carboxylic acids is 3. The van der Waals surface area contributed by atoms with E-state index in [4.69, 9.17) is 4.74 Å². The molecule has 1 aromatic heterocycles. The van der Waals surface area contributed by atoms with Crippen LogP contribution in [0, 0.1) is 19.8 Å². The molecular formula is C21H31N3O4. The first-order valence-electron chi connectivity index (χ1n) is 9.87. The summed E-state index contributed by atoms with van der Waals surface area (Å²) in [6.07, 6.45) is 3.13. The van der Waals surface area contributed by atoms with Crippen LogP contribution in [0.3, 0.4) is 0 Å². The molecule has 2 rings (SSSR count). The fourth-order valence-electron chi connectivity index (χ4n) is 3.89. The van der Waals surface area contributed by atoms with Gasteiger partial charge in [0.05, 0.1) is 12.2 Å². The number of carbonyl (C=O) groups is 3. The van der Waals surface area contributed by atoms with Crippen LogP contribution in [0.5, 0.6) is 0 Å². The van der Waals surface area contributed by atoms with E-state index in [1.54, 1.807) is 17.9 Å². The Balaban J connectivity index is 2.38. The Labute approximate surface area is 166 Å². The first-order chi connectivity index (χ1) is 13.2. The van der Waals surface area contributed by atoms with Gasteiger partial charge in [0.15, 0.2) is 0 Å². The molecule has 2 heterocycles. The second-order valence-electron chi connectivity index (χ2n) is 7.27. The lowest BCUT2D eigenvalue weighted by Crippen LogP contribution is -2.58. The number of rotatable bonds is 6. The monoisotopic (exact) mass is 389 g/mol.